The largest absolute Gasteiger partial charge is 0.478 e. The van der Waals surface area contributed by atoms with E-state index in [1.807, 2.05) is 30.3 Å². The van der Waals surface area contributed by atoms with Crippen LogP contribution in [0.4, 0.5) is 0 Å². The fraction of sp³-hybridized carbons (Fsp3) is 0.158. The van der Waals surface area contributed by atoms with Gasteiger partial charge in [-0.3, -0.25) is 4.68 Å². The van der Waals surface area contributed by atoms with Crippen molar-refractivity contribution >= 4 is 15.8 Å². The molecule has 0 aliphatic carbocycles. The van der Waals surface area contributed by atoms with E-state index < -0.39 is 15.8 Å². The van der Waals surface area contributed by atoms with Crippen molar-refractivity contribution in [3.8, 4) is 11.3 Å². The Labute approximate surface area is 151 Å². The number of nitrogens with zero attached hydrogens (tertiary/aromatic N) is 2. The molecule has 0 fully saturated rings. The molecule has 1 aromatic heterocycles. The highest BCUT2D eigenvalue weighted by atomic mass is 32.2. The van der Waals surface area contributed by atoms with Crippen molar-refractivity contribution in [3.63, 3.8) is 0 Å². The maximum absolute atomic E-state index is 11.9. The smallest absolute Gasteiger partial charge is 0.335 e. The monoisotopic (exact) mass is 370 g/mol. The lowest BCUT2D eigenvalue weighted by Crippen LogP contribution is -2.07. The van der Waals surface area contributed by atoms with Crippen LogP contribution in [0.25, 0.3) is 11.3 Å². The van der Waals surface area contributed by atoms with Crippen LogP contribution in [0.1, 0.15) is 15.9 Å². The van der Waals surface area contributed by atoms with E-state index in [1.165, 1.54) is 18.2 Å². The molecule has 26 heavy (non-hydrogen) atoms. The normalized spacial score (nSPS) is 11.4. The van der Waals surface area contributed by atoms with Gasteiger partial charge in [0, 0.05) is 24.6 Å². The van der Waals surface area contributed by atoms with Crippen molar-refractivity contribution in [1.82, 2.24) is 9.78 Å². The quantitative estimate of drug-likeness (QED) is 0.721. The molecule has 2 aromatic carbocycles. The highest BCUT2D eigenvalue weighted by molar-refractivity contribution is 7.90. The van der Waals surface area contributed by atoms with Crippen molar-refractivity contribution in [2.75, 3.05) is 6.26 Å². The third kappa shape index (κ3) is 4.00. The molecule has 0 aliphatic rings. The summed E-state index contributed by atoms with van der Waals surface area (Å²) in [4.78, 5) is 11.4. The van der Waals surface area contributed by atoms with Crippen LogP contribution in [0.15, 0.2) is 65.7 Å². The van der Waals surface area contributed by atoms with Crippen molar-refractivity contribution in [3.05, 3.63) is 71.9 Å². The minimum absolute atomic E-state index is 0.0248. The van der Waals surface area contributed by atoms with Crippen LogP contribution < -0.4 is 0 Å². The average Bonchev–Trinajstić information content (AvgIpc) is 3.08. The summed E-state index contributed by atoms with van der Waals surface area (Å²) in [6.07, 6.45) is 3.44. The lowest BCUT2D eigenvalue weighted by molar-refractivity contribution is 0.0696. The molecule has 6 nitrogen and oxygen atoms in total. The number of hydrogen-bond donors (Lipinski definition) is 1. The van der Waals surface area contributed by atoms with E-state index >= 15 is 0 Å². The highest BCUT2D eigenvalue weighted by Gasteiger charge is 2.16. The average molecular weight is 370 g/mol. The van der Waals surface area contributed by atoms with Gasteiger partial charge in [0.1, 0.15) is 0 Å². The van der Waals surface area contributed by atoms with Gasteiger partial charge in [-0.2, -0.15) is 5.10 Å². The topological polar surface area (TPSA) is 89.3 Å². The molecule has 1 N–H and O–H groups in total. The molecular formula is C19H18N2O4S. The predicted octanol–water partition coefficient (Wildman–Crippen LogP) is 2.89. The Kier molecular flexibility index (Phi) is 4.90. The molecule has 0 spiro atoms. The minimum atomic E-state index is -3.53. The fourth-order valence-electron chi connectivity index (χ4n) is 2.72. The Hall–Kier alpha value is -2.93. The van der Waals surface area contributed by atoms with Crippen LogP contribution in [0.5, 0.6) is 0 Å². The summed E-state index contributed by atoms with van der Waals surface area (Å²) in [7, 11) is -3.53. The SMILES string of the molecule is CS(=O)(=O)c1cc(C(=O)O)cc(-c2ccnn2CCc2ccccc2)c1. The summed E-state index contributed by atoms with van der Waals surface area (Å²) in [5.41, 5.74) is 2.27. The van der Waals surface area contributed by atoms with Crippen molar-refractivity contribution in [1.29, 1.82) is 0 Å². The van der Waals surface area contributed by atoms with Gasteiger partial charge < -0.3 is 5.11 Å². The standard InChI is InChI=1S/C19H18N2O4S/c1-26(24,25)17-12-15(11-16(13-17)19(22)23)18-7-9-20-21(18)10-8-14-5-3-2-4-6-14/h2-7,9,11-13H,8,10H2,1H3,(H,22,23). The van der Waals surface area contributed by atoms with Crippen LogP contribution in [0, 0.1) is 0 Å². The molecule has 0 saturated carbocycles. The molecule has 0 unspecified atom stereocenters. The first-order chi connectivity index (χ1) is 12.3. The maximum Gasteiger partial charge on any atom is 0.335 e. The van der Waals surface area contributed by atoms with Crippen LogP contribution in [0.3, 0.4) is 0 Å². The van der Waals surface area contributed by atoms with Crippen LogP contribution in [-0.2, 0) is 22.8 Å². The molecule has 0 saturated heterocycles. The molecule has 0 aliphatic heterocycles. The third-order valence-corrected chi connectivity index (χ3v) is 5.14. The lowest BCUT2D eigenvalue weighted by Gasteiger charge is -2.10. The molecule has 134 valence electrons. The number of aromatic nitrogens is 2. The van der Waals surface area contributed by atoms with E-state index in [2.05, 4.69) is 5.10 Å². The Bertz CT molecular complexity index is 1040. The predicted molar refractivity (Wildman–Crippen MR) is 97.9 cm³/mol. The molecule has 0 bridgehead atoms. The van der Waals surface area contributed by atoms with Crippen molar-refractivity contribution in [2.24, 2.45) is 0 Å². The van der Waals surface area contributed by atoms with Gasteiger partial charge in [0.05, 0.1) is 16.2 Å². The number of carboxylic acid groups (broad SMARTS) is 1. The maximum atomic E-state index is 11.9. The first kappa shape index (κ1) is 17.9. The van der Waals surface area contributed by atoms with E-state index in [0.29, 0.717) is 17.8 Å². The first-order valence-corrected chi connectivity index (χ1v) is 9.88. The van der Waals surface area contributed by atoms with Gasteiger partial charge in [-0.05, 0) is 36.2 Å². The van der Waals surface area contributed by atoms with Gasteiger partial charge in [-0.15, -0.1) is 0 Å². The molecule has 1 heterocycles. The fourth-order valence-corrected chi connectivity index (χ4v) is 3.40. The van der Waals surface area contributed by atoms with E-state index in [1.54, 1.807) is 16.9 Å². The highest BCUT2D eigenvalue weighted by Crippen LogP contribution is 2.25. The molecule has 3 aromatic rings. The number of rotatable bonds is 6. The Morgan fingerprint density at radius 2 is 1.85 bits per heavy atom. The number of carboxylic acids is 1. The third-order valence-electron chi connectivity index (χ3n) is 4.05. The second-order valence-electron chi connectivity index (χ2n) is 6.00. The summed E-state index contributed by atoms with van der Waals surface area (Å²) >= 11 is 0. The van der Waals surface area contributed by atoms with Gasteiger partial charge in [-0.25, -0.2) is 13.2 Å². The Morgan fingerprint density at radius 1 is 1.12 bits per heavy atom. The van der Waals surface area contributed by atoms with Crippen molar-refractivity contribution in [2.45, 2.75) is 17.9 Å². The number of aryl methyl sites for hydroxylation is 2. The summed E-state index contributed by atoms with van der Waals surface area (Å²) in [6.45, 7) is 0.595. The number of carbonyl (C=O) groups is 1. The Morgan fingerprint density at radius 3 is 2.50 bits per heavy atom. The zero-order valence-corrected chi connectivity index (χ0v) is 15.0. The van der Waals surface area contributed by atoms with Gasteiger partial charge in [0.25, 0.3) is 0 Å². The summed E-state index contributed by atoms with van der Waals surface area (Å²) in [5, 5.41) is 13.6. The lowest BCUT2D eigenvalue weighted by atomic mass is 10.1. The molecule has 0 atom stereocenters. The van der Waals surface area contributed by atoms with Crippen LogP contribution >= 0.6 is 0 Å². The molecule has 7 heteroatoms. The zero-order chi connectivity index (χ0) is 18.7. The van der Waals surface area contributed by atoms with E-state index in [0.717, 1.165) is 18.2 Å². The second kappa shape index (κ2) is 7.13. The van der Waals surface area contributed by atoms with E-state index in [9.17, 15) is 18.3 Å². The molecule has 0 amide bonds. The van der Waals surface area contributed by atoms with E-state index in [-0.39, 0.29) is 10.5 Å². The summed E-state index contributed by atoms with van der Waals surface area (Å²) in [5.74, 6) is -1.17. The van der Waals surface area contributed by atoms with Crippen molar-refractivity contribution < 1.29 is 18.3 Å². The molecule has 3 rings (SSSR count). The first-order valence-electron chi connectivity index (χ1n) is 7.99. The van der Waals surface area contributed by atoms with Gasteiger partial charge in [0.2, 0.25) is 0 Å². The van der Waals surface area contributed by atoms with Crippen LogP contribution in [0.2, 0.25) is 0 Å². The van der Waals surface area contributed by atoms with E-state index in [4.69, 9.17) is 0 Å². The Balaban J connectivity index is 1.98. The van der Waals surface area contributed by atoms with Crippen LogP contribution in [-0.4, -0.2) is 35.5 Å². The van der Waals surface area contributed by atoms with Gasteiger partial charge >= 0.3 is 5.97 Å². The van der Waals surface area contributed by atoms with Gasteiger partial charge in [-0.1, -0.05) is 30.3 Å². The number of sulfone groups is 1. The van der Waals surface area contributed by atoms with Gasteiger partial charge in [0.15, 0.2) is 9.84 Å². The number of aromatic carboxylic acids is 1. The summed E-state index contributed by atoms with van der Waals surface area (Å²) in [6, 6.07) is 15.8. The number of benzene rings is 2. The second-order valence-corrected chi connectivity index (χ2v) is 8.01. The molecular weight excluding hydrogens is 352 g/mol. The summed E-state index contributed by atoms with van der Waals surface area (Å²) < 4.78 is 25.6. The molecule has 0 radical (unpaired) electrons. The minimum Gasteiger partial charge on any atom is -0.478 e. The number of hydrogen-bond acceptors (Lipinski definition) is 4. The zero-order valence-electron chi connectivity index (χ0n) is 14.2.